The van der Waals surface area contributed by atoms with Gasteiger partial charge >= 0.3 is 0 Å². The Bertz CT molecular complexity index is 286. The summed E-state index contributed by atoms with van der Waals surface area (Å²) in [7, 11) is 0. The van der Waals surface area contributed by atoms with E-state index in [0.29, 0.717) is 12.8 Å². The van der Waals surface area contributed by atoms with E-state index in [4.69, 9.17) is 5.11 Å². The van der Waals surface area contributed by atoms with E-state index >= 15 is 0 Å². The van der Waals surface area contributed by atoms with Gasteiger partial charge in [-0.05, 0) is 45.4 Å². The van der Waals surface area contributed by atoms with Gasteiger partial charge in [0.15, 0.2) is 0 Å². The van der Waals surface area contributed by atoms with Gasteiger partial charge in [-0.3, -0.25) is 4.79 Å². The molecule has 1 rings (SSSR count). The summed E-state index contributed by atoms with van der Waals surface area (Å²) in [6.45, 7) is 4.15. The number of nitrogens with one attached hydrogen (secondary N) is 1. The largest absolute Gasteiger partial charge is 0.396 e. The molecule has 0 aliphatic heterocycles. The summed E-state index contributed by atoms with van der Waals surface area (Å²) in [5.74, 6) is 0.0935. The van der Waals surface area contributed by atoms with Gasteiger partial charge in [0.25, 0.3) is 0 Å². The summed E-state index contributed by atoms with van der Waals surface area (Å²) in [6, 6.07) is 0. The Morgan fingerprint density at radius 1 is 1.53 bits per heavy atom. The van der Waals surface area contributed by atoms with Gasteiger partial charge in [-0.25, -0.2) is 0 Å². The van der Waals surface area contributed by atoms with Crippen molar-refractivity contribution in [3.63, 3.8) is 0 Å². The number of aliphatic hydroxyl groups excluding tert-OH is 1. The van der Waals surface area contributed by atoms with Crippen molar-refractivity contribution >= 4 is 5.91 Å². The number of hydrogen-bond donors (Lipinski definition) is 2. The van der Waals surface area contributed by atoms with Crippen LogP contribution in [-0.2, 0) is 4.79 Å². The van der Waals surface area contributed by atoms with E-state index in [1.54, 1.807) is 0 Å². The maximum atomic E-state index is 11.9. The van der Waals surface area contributed by atoms with E-state index in [2.05, 4.69) is 11.4 Å². The van der Waals surface area contributed by atoms with Crippen molar-refractivity contribution in [3.05, 3.63) is 11.6 Å². The zero-order chi connectivity index (χ0) is 12.7. The number of carbonyl (C=O) groups is 1. The second-order valence-electron chi connectivity index (χ2n) is 5.22. The Balaban J connectivity index is 2.44. The van der Waals surface area contributed by atoms with Crippen LogP contribution in [0.25, 0.3) is 0 Å². The van der Waals surface area contributed by atoms with Gasteiger partial charge in [-0.1, -0.05) is 18.6 Å². The van der Waals surface area contributed by atoms with E-state index in [9.17, 15) is 4.79 Å². The lowest BCUT2D eigenvalue weighted by atomic mass is 9.93. The number of rotatable bonds is 6. The molecule has 3 nitrogen and oxygen atoms in total. The minimum Gasteiger partial charge on any atom is -0.396 e. The number of hydrogen-bond acceptors (Lipinski definition) is 2. The molecule has 1 amide bonds. The fraction of sp³-hybridized carbons (Fsp3) is 0.786. The minimum absolute atomic E-state index is 0.0935. The van der Waals surface area contributed by atoms with Gasteiger partial charge in [-0.2, -0.15) is 0 Å². The molecule has 0 fully saturated rings. The van der Waals surface area contributed by atoms with Crippen LogP contribution in [0, 0.1) is 0 Å². The normalized spacial score (nSPS) is 19.4. The van der Waals surface area contributed by atoms with E-state index in [-0.39, 0.29) is 18.1 Å². The number of allylic oxidation sites excluding steroid dienone is 1. The topological polar surface area (TPSA) is 49.3 Å². The average molecular weight is 239 g/mol. The monoisotopic (exact) mass is 239 g/mol. The van der Waals surface area contributed by atoms with E-state index in [1.165, 1.54) is 18.4 Å². The molecular formula is C14H25NO2. The van der Waals surface area contributed by atoms with Crippen LogP contribution in [0.2, 0.25) is 0 Å². The van der Waals surface area contributed by atoms with Crippen LogP contribution in [-0.4, -0.2) is 23.2 Å². The first-order valence-corrected chi connectivity index (χ1v) is 6.69. The van der Waals surface area contributed by atoms with Gasteiger partial charge in [0.2, 0.25) is 5.91 Å². The van der Waals surface area contributed by atoms with Crippen LogP contribution in [0.3, 0.4) is 0 Å². The molecule has 2 N–H and O–H groups in total. The van der Waals surface area contributed by atoms with E-state index < -0.39 is 0 Å². The first kappa shape index (κ1) is 14.2. The highest BCUT2D eigenvalue weighted by Crippen LogP contribution is 2.21. The molecule has 0 bridgehead atoms. The van der Waals surface area contributed by atoms with Crippen molar-refractivity contribution in [1.82, 2.24) is 5.32 Å². The fourth-order valence-electron chi connectivity index (χ4n) is 2.23. The fourth-order valence-corrected chi connectivity index (χ4v) is 2.23. The van der Waals surface area contributed by atoms with Gasteiger partial charge in [0, 0.05) is 18.6 Å². The summed E-state index contributed by atoms with van der Waals surface area (Å²) in [4.78, 5) is 11.9. The summed E-state index contributed by atoms with van der Waals surface area (Å²) in [6.07, 6.45) is 8.84. The van der Waals surface area contributed by atoms with Crippen molar-refractivity contribution in [2.75, 3.05) is 6.61 Å². The molecule has 0 aromatic carbocycles. The average Bonchev–Trinajstić information content (AvgIpc) is 2.30. The third-order valence-corrected chi connectivity index (χ3v) is 3.66. The van der Waals surface area contributed by atoms with Gasteiger partial charge in [0.1, 0.15) is 0 Å². The van der Waals surface area contributed by atoms with Crippen LogP contribution in [0.15, 0.2) is 11.6 Å². The number of aliphatic hydroxyl groups is 1. The summed E-state index contributed by atoms with van der Waals surface area (Å²) in [5, 5.41) is 12.1. The maximum absolute atomic E-state index is 11.9. The van der Waals surface area contributed by atoms with Crippen LogP contribution in [0.5, 0.6) is 0 Å². The molecule has 1 aliphatic rings. The highest BCUT2D eigenvalue weighted by molar-refractivity contribution is 5.79. The zero-order valence-electron chi connectivity index (χ0n) is 11.1. The highest BCUT2D eigenvalue weighted by atomic mass is 16.3. The SMILES string of the molecule is CCC(C)(CCO)NC(=O)CC1=CCCCC1. The Kier molecular flexibility index (Phi) is 5.69. The molecule has 0 radical (unpaired) electrons. The molecule has 1 unspecified atom stereocenters. The predicted octanol–water partition coefficient (Wildman–Crippen LogP) is 2.54. The van der Waals surface area contributed by atoms with Crippen LogP contribution in [0.4, 0.5) is 0 Å². The standard InChI is InChI=1S/C14H25NO2/c1-3-14(2,9-10-16)15-13(17)11-12-7-5-4-6-8-12/h7,16H,3-6,8-11H2,1-2H3,(H,15,17). The van der Waals surface area contributed by atoms with Gasteiger partial charge in [-0.15, -0.1) is 0 Å². The molecule has 0 saturated carbocycles. The maximum Gasteiger partial charge on any atom is 0.224 e. The molecule has 3 heteroatoms. The number of carbonyl (C=O) groups excluding carboxylic acids is 1. The third-order valence-electron chi connectivity index (χ3n) is 3.66. The summed E-state index contributed by atoms with van der Waals surface area (Å²) >= 11 is 0. The molecule has 98 valence electrons. The quantitative estimate of drug-likeness (QED) is 0.700. The number of amides is 1. The highest BCUT2D eigenvalue weighted by Gasteiger charge is 2.23. The van der Waals surface area contributed by atoms with Crippen molar-refractivity contribution in [2.45, 2.75) is 64.3 Å². The van der Waals surface area contributed by atoms with Crippen LogP contribution in [0.1, 0.15) is 58.8 Å². The minimum atomic E-state index is -0.263. The van der Waals surface area contributed by atoms with Crippen molar-refractivity contribution in [3.8, 4) is 0 Å². The summed E-state index contributed by atoms with van der Waals surface area (Å²) in [5.41, 5.74) is 1.01. The second-order valence-corrected chi connectivity index (χ2v) is 5.22. The van der Waals surface area contributed by atoms with Crippen LogP contribution < -0.4 is 5.32 Å². The van der Waals surface area contributed by atoms with Gasteiger partial charge < -0.3 is 10.4 Å². The van der Waals surface area contributed by atoms with Crippen molar-refractivity contribution in [2.24, 2.45) is 0 Å². The third kappa shape index (κ3) is 4.90. The van der Waals surface area contributed by atoms with Gasteiger partial charge in [0.05, 0.1) is 0 Å². The Hall–Kier alpha value is -0.830. The molecule has 0 aromatic heterocycles. The van der Waals surface area contributed by atoms with Crippen molar-refractivity contribution < 1.29 is 9.90 Å². The second kappa shape index (κ2) is 6.80. The molecular weight excluding hydrogens is 214 g/mol. The first-order chi connectivity index (χ1) is 8.09. The molecule has 0 aromatic rings. The van der Waals surface area contributed by atoms with Crippen molar-refractivity contribution in [1.29, 1.82) is 0 Å². The Morgan fingerprint density at radius 2 is 2.29 bits per heavy atom. The zero-order valence-corrected chi connectivity index (χ0v) is 11.1. The molecule has 1 atom stereocenters. The molecule has 0 heterocycles. The molecule has 0 spiro atoms. The molecule has 17 heavy (non-hydrogen) atoms. The smallest absolute Gasteiger partial charge is 0.224 e. The lowest BCUT2D eigenvalue weighted by Gasteiger charge is -2.29. The van der Waals surface area contributed by atoms with E-state index in [1.807, 2.05) is 13.8 Å². The lowest BCUT2D eigenvalue weighted by molar-refractivity contribution is -0.122. The summed E-state index contributed by atoms with van der Waals surface area (Å²) < 4.78 is 0. The van der Waals surface area contributed by atoms with Crippen LogP contribution >= 0.6 is 0 Å². The molecule has 1 aliphatic carbocycles. The Morgan fingerprint density at radius 3 is 2.82 bits per heavy atom. The Labute approximate surface area is 104 Å². The van der Waals surface area contributed by atoms with E-state index in [0.717, 1.165) is 19.3 Å². The predicted molar refractivity (Wildman–Crippen MR) is 69.7 cm³/mol. The molecule has 0 saturated heterocycles. The lowest BCUT2D eigenvalue weighted by Crippen LogP contribution is -2.46. The first-order valence-electron chi connectivity index (χ1n) is 6.69.